The number of unbranched alkanes of at least 4 members (excludes halogenated alkanes) is 9. The first-order valence-corrected chi connectivity index (χ1v) is 10.8. The van der Waals surface area contributed by atoms with Crippen molar-refractivity contribution in [1.82, 2.24) is 0 Å². The maximum atomic E-state index is 3.45. The number of aryl methyl sites for hydroxylation is 2. The molecule has 0 nitrogen and oxygen atoms in total. The fourth-order valence-electron chi connectivity index (χ4n) is 3.60. The van der Waals surface area contributed by atoms with Gasteiger partial charge in [0.15, 0.2) is 0 Å². The van der Waals surface area contributed by atoms with Crippen LogP contribution in [0.2, 0.25) is 0 Å². The summed E-state index contributed by atoms with van der Waals surface area (Å²) in [5.41, 5.74) is 4.91. The van der Waals surface area contributed by atoms with E-state index >= 15 is 0 Å². The standard InChI is InChI=1S/C24H41/c1-4-7-10-13-17-22-19-16-20-23(18-14-11-8-5-2)24(22)21-15-12-9-6-3/h19-20H,4-15,17-18,21H2,1-3H3. The third-order valence-corrected chi connectivity index (χ3v) is 5.17. The van der Waals surface area contributed by atoms with Crippen molar-refractivity contribution in [3.05, 3.63) is 34.9 Å². The first-order chi connectivity index (χ1) is 11.8. The van der Waals surface area contributed by atoms with E-state index in [-0.39, 0.29) is 0 Å². The normalized spacial score (nSPS) is 11.1. The molecule has 24 heavy (non-hydrogen) atoms. The van der Waals surface area contributed by atoms with Crippen LogP contribution in [0.3, 0.4) is 0 Å². The van der Waals surface area contributed by atoms with Crippen LogP contribution in [0.15, 0.2) is 12.1 Å². The SMILES string of the molecule is CCCCCCc1c[c]cc(CCCCCC)c1CCCCCC. The molecule has 0 aromatic heterocycles. The van der Waals surface area contributed by atoms with Crippen molar-refractivity contribution in [2.45, 2.75) is 117 Å². The molecule has 0 saturated heterocycles. The number of hydrogen-bond donors (Lipinski definition) is 0. The van der Waals surface area contributed by atoms with Crippen LogP contribution in [0.5, 0.6) is 0 Å². The van der Waals surface area contributed by atoms with E-state index in [1.54, 1.807) is 16.7 Å². The van der Waals surface area contributed by atoms with Gasteiger partial charge in [0, 0.05) is 0 Å². The van der Waals surface area contributed by atoms with Crippen molar-refractivity contribution in [2.24, 2.45) is 0 Å². The van der Waals surface area contributed by atoms with Crippen LogP contribution in [0.4, 0.5) is 0 Å². The molecule has 0 bridgehead atoms. The second kappa shape index (κ2) is 14.6. The molecule has 0 atom stereocenters. The van der Waals surface area contributed by atoms with E-state index in [4.69, 9.17) is 0 Å². The molecule has 1 radical (unpaired) electrons. The van der Waals surface area contributed by atoms with Crippen LogP contribution >= 0.6 is 0 Å². The highest BCUT2D eigenvalue weighted by Gasteiger charge is 2.08. The molecule has 0 aliphatic rings. The molecule has 0 spiro atoms. The lowest BCUT2D eigenvalue weighted by molar-refractivity contribution is 0.639. The number of hydrogen-bond acceptors (Lipinski definition) is 0. The fourth-order valence-corrected chi connectivity index (χ4v) is 3.60. The molecule has 0 heteroatoms. The van der Waals surface area contributed by atoms with E-state index in [9.17, 15) is 0 Å². The summed E-state index contributed by atoms with van der Waals surface area (Å²) < 4.78 is 0. The van der Waals surface area contributed by atoms with Gasteiger partial charge in [0.1, 0.15) is 0 Å². The monoisotopic (exact) mass is 329 g/mol. The van der Waals surface area contributed by atoms with Gasteiger partial charge >= 0.3 is 0 Å². The van der Waals surface area contributed by atoms with Gasteiger partial charge in [-0.2, -0.15) is 0 Å². The third kappa shape index (κ3) is 8.90. The molecule has 1 aromatic rings. The zero-order chi connectivity index (χ0) is 17.5. The summed E-state index contributed by atoms with van der Waals surface area (Å²) in [4.78, 5) is 0. The molecule has 0 fully saturated rings. The van der Waals surface area contributed by atoms with E-state index < -0.39 is 0 Å². The molecule has 0 heterocycles. The minimum atomic E-state index is 1.27. The predicted octanol–water partition coefficient (Wildman–Crippen LogP) is 7.86. The minimum Gasteiger partial charge on any atom is -0.0654 e. The highest BCUT2D eigenvalue weighted by atomic mass is 14.1. The van der Waals surface area contributed by atoms with Crippen LogP contribution < -0.4 is 0 Å². The average Bonchev–Trinajstić information content (AvgIpc) is 2.60. The summed E-state index contributed by atoms with van der Waals surface area (Å²) in [6.07, 6.45) is 20.2. The van der Waals surface area contributed by atoms with E-state index in [1.165, 1.54) is 96.3 Å². The summed E-state index contributed by atoms with van der Waals surface area (Å²) >= 11 is 0. The van der Waals surface area contributed by atoms with Gasteiger partial charge in [-0.05, 0) is 61.3 Å². The lowest BCUT2D eigenvalue weighted by atomic mass is 9.90. The minimum absolute atomic E-state index is 1.27. The van der Waals surface area contributed by atoms with Crippen molar-refractivity contribution >= 4 is 0 Å². The van der Waals surface area contributed by atoms with Gasteiger partial charge in [-0.15, -0.1) is 0 Å². The van der Waals surface area contributed by atoms with Crippen LogP contribution in [0.1, 0.15) is 115 Å². The zero-order valence-electron chi connectivity index (χ0n) is 16.8. The first kappa shape index (κ1) is 21.3. The fraction of sp³-hybridized carbons (Fsp3) is 0.750. The highest BCUT2D eigenvalue weighted by molar-refractivity contribution is 5.35. The Morgan fingerprint density at radius 3 is 1.38 bits per heavy atom. The van der Waals surface area contributed by atoms with Crippen molar-refractivity contribution < 1.29 is 0 Å². The Hall–Kier alpha value is -0.780. The van der Waals surface area contributed by atoms with Crippen LogP contribution in [0.25, 0.3) is 0 Å². The van der Waals surface area contributed by atoms with Crippen molar-refractivity contribution in [3.63, 3.8) is 0 Å². The molecule has 1 rings (SSSR count). The summed E-state index contributed by atoms with van der Waals surface area (Å²) in [7, 11) is 0. The third-order valence-electron chi connectivity index (χ3n) is 5.17. The first-order valence-electron chi connectivity index (χ1n) is 10.8. The lowest BCUT2D eigenvalue weighted by Crippen LogP contribution is -2.02. The molecule has 137 valence electrons. The van der Waals surface area contributed by atoms with E-state index in [0.717, 1.165) is 0 Å². The predicted molar refractivity (Wildman–Crippen MR) is 109 cm³/mol. The Labute approximate surface area is 152 Å². The number of rotatable bonds is 15. The molecule has 0 unspecified atom stereocenters. The van der Waals surface area contributed by atoms with Gasteiger partial charge in [0.25, 0.3) is 0 Å². The maximum absolute atomic E-state index is 3.45. The van der Waals surface area contributed by atoms with E-state index in [1.807, 2.05) is 0 Å². The Morgan fingerprint density at radius 1 is 0.542 bits per heavy atom. The Bertz CT molecular complexity index is 374. The van der Waals surface area contributed by atoms with Gasteiger partial charge in [0.2, 0.25) is 0 Å². The van der Waals surface area contributed by atoms with Crippen LogP contribution in [0, 0.1) is 6.07 Å². The van der Waals surface area contributed by atoms with Gasteiger partial charge in [0.05, 0.1) is 0 Å². The van der Waals surface area contributed by atoms with Gasteiger partial charge < -0.3 is 0 Å². The topological polar surface area (TPSA) is 0 Å². The summed E-state index contributed by atoms with van der Waals surface area (Å²) in [5.74, 6) is 0. The second-order valence-corrected chi connectivity index (χ2v) is 7.42. The highest BCUT2D eigenvalue weighted by Crippen LogP contribution is 2.22. The van der Waals surface area contributed by atoms with E-state index in [0.29, 0.717) is 0 Å². The second-order valence-electron chi connectivity index (χ2n) is 7.42. The Balaban J connectivity index is 2.67. The largest absolute Gasteiger partial charge is 0.0654 e. The van der Waals surface area contributed by atoms with E-state index in [2.05, 4.69) is 39.0 Å². The lowest BCUT2D eigenvalue weighted by Gasteiger charge is -2.15. The molecule has 0 aliphatic heterocycles. The average molecular weight is 330 g/mol. The Morgan fingerprint density at radius 2 is 0.958 bits per heavy atom. The molecule has 0 N–H and O–H groups in total. The van der Waals surface area contributed by atoms with Gasteiger partial charge in [-0.25, -0.2) is 0 Å². The smallest absolute Gasteiger partial charge is 0.0178 e. The van der Waals surface area contributed by atoms with Crippen molar-refractivity contribution in [2.75, 3.05) is 0 Å². The summed E-state index contributed by atoms with van der Waals surface area (Å²) in [5, 5.41) is 0. The zero-order valence-corrected chi connectivity index (χ0v) is 16.8. The molecule has 0 aliphatic carbocycles. The maximum Gasteiger partial charge on any atom is -0.0178 e. The quantitative estimate of drug-likeness (QED) is 0.287. The van der Waals surface area contributed by atoms with Gasteiger partial charge in [-0.1, -0.05) is 90.7 Å². The molecule has 1 aromatic carbocycles. The number of benzene rings is 1. The molecule has 0 amide bonds. The summed E-state index contributed by atoms with van der Waals surface area (Å²) in [6, 6.07) is 8.03. The Kier molecular flexibility index (Phi) is 12.9. The van der Waals surface area contributed by atoms with Crippen molar-refractivity contribution in [3.8, 4) is 0 Å². The van der Waals surface area contributed by atoms with Crippen LogP contribution in [-0.2, 0) is 19.3 Å². The molecule has 0 saturated carbocycles. The molecular weight excluding hydrogens is 288 g/mol. The van der Waals surface area contributed by atoms with Crippen LogP contribution in [-0.4, -0.2) is 0 Å². The van der Waals surface area contributed by atoms with Gasteiger partial charge in [-0.3, -0.25) is 0 Å². The van der Waals surface area contributed by atoms with Crippen molar-refractivity contribution in [1.29, 1.82) is 0 Å². The summed E-state index contributed by atoms with van der Waals surface area (Å²) in [6.45, 7) is 6.89. The molecular formula is C24H41.